The van der Waals surface area contributed by atoms with Gasteiger partial charge in [-0.05, 0) is 18.2 Å². The van der Waals surface area contributed by atoms with Crippen LogP contribution in [0.1, 0.15) is 5.56 Å². The molecule has 0 amide bonds. The lowest BCUT2D eigenvalue weighted by molar-refractivity contribution is 0.309. The summed E-state index contributed by atoms with van der Waals surface area (Å²) in [6.07, 6.45) is 11.1. The van der Waals surface area contributed by atoms with E-state index in [2.05, 4.69) is 15.2 Å². The molecule has 23 heavy (non-hydrogen) atoms. The highest BCUT2D eigenvalue weighted by Gasteiger charge is 2.13. The molecule has 0 atom stereocenters. The summed E-state index contributed by atoms with van der Waals surface area (Å²) < 4.78 is 9.70. The molecule has 0 fully saturated rings. The first kappa shape index (κ1) is 13.5. The van der Waals surface area contributed by atoms with Gasteiger partial charge in [-0.3, -0.25) is 9.67 Å². The maximum Gasteiger partial charge on any atom is 0.153 e. The molecule has 4 heterocycles. The number of hydrogen-bond donors (Lipinski definition) is 0. The Morgan fingerprint density at radius 1 is 1.09 bits per heavy atom. The largest absolute Gasteiger partial charge is 0.486 e. The van der Waals surface area contributed by atoms with Crippen molar-refractivity contribution in [3.05, 3.63) is 67.0 Å². The number of ether oxygens (including phenoxy) is 1. The maximum absolute atomic E-state index is 6.12. The fourth-order valence-corrected chi connectivity index (χ4v) is 2.55. The normalized spacial score (nSPS) is 11.0. The van der Waals surface area contributed by atoms with Crippen LogP contribution in [0.25, 0.3) is 16.6 Å². The lowest BCUT2D eigenvalue weighted by Crippen LogP contribution is -2.00. The summed E-state index contributed by atoms with van der Waals surface area (Å²) in [6.45, 7) is 0.450. The quantitative estimate of drug-likeness (QED) is 0.582. The number of fused-ring (bicyclic) bond motifs is 1. The summed E-state index contributed by atoms with van der Waals surface area (Å²) in [4.78, 5) is 4.12. The molecule has 0 aliphatic carbocycles. The first-order valence-corrected chi connectivity index (χ1v) is 7.28. The molecule has 0 aliphatic rings. The van der Waals surface area contributed by atoms with Crippen LogP contribution in [0, 0.1) is 0 Å². The summed E-state index contributed by atoms with van der Waals surface area (Å²) in [5.74, 6) is 0.793. The molecule has 0 saturated heterocycles. The van der Waals surface area contributed by atoms with Crippen molar-refractivity contribution in [1.82, 2.24) is 24.4 Å². The van der Waals surface area contributed by atoms with Crippen molar-refractivity contribution >= 4 is 5.52 Å². The van der Waals surface area contributed by atoms with E-state index < -0.39 is 0 Å². The molecule has 0 aromatic carbocycles. The first-order valence-electron chi connectivity index (χ1n) is 7.28. The van der Waals surface area contributed by atoms with Crippen molar-refractivity contribution in [2.45, 2.75) is 6.61 Å². The first-order chi connectivity index (χ1) is 11.3. The Hall–Kier alpha value is -3.15. The van der Waals surface area contributed by atoms with Gasteiger partial charge in [0.05, 0.1) is 12.4 Å². The van der Waals surface area contributed by atoms with E-state index in [-0.39, 0.29) is 0 Å². The van der Waals surface area contributed by atoms with E-state index in [1.54, 1.807) is 27.8 Å². The SMILES string of the molecule is Cn1cc(-c2ccn3nccc3c2OCc2cccnc2)cn1. The molecular formula is C17H15N5O. The Labute approximate surface area is 133 Å². The van der Waals surface area contributed by atoms with Crippen molar-refractivity contribution in [1.29, 1.82) is 0 Å². The minimum Gasteiger partial charge on any atom is -0.486 e. The van der Waals surface area contributed by atoms with Gasteiger partial charge in [-0.2, -0.15) is 10.2 Å². The highest BCUT2D eigenvalue weighted by molar-refractivity contribution is 5.78. The van der Waals surface area contributed by atoms with Crippen LogP contribution in [0.4, 0.5) is 0 Å². The Kier molecular flexibility index (Phi) is 3.27. The summed E-state index contributed by atoms with van der Waals surface area (Å²) >= 11 is 0. The van der Waals surface area contributed by atoms with Crippen LogP contribution in [0.3, 0.4) is 0 Å². The van der Waals surface area contributed by atoms with Crippen LogP contribution in [0.5, 0.6) is 5.75 Å². The van der Waals surface area contributed by atoms with Gasteiger partial charge in [0, 0.05) is 48.5 Å². The number of rotatable bonds is 4. The van der Waals surface area contributed by atoms with Crippen LogP contribution < -0.4 is 4.74 Å². The van der Waals surface area contributed by atoms with Gasteiger partial charge < -0.3 is 4.74 Å². The van der Waals surface area contributed by atoms with Crippen LogP contribution >= 0.6 is 0 Å². The van der Waals surface area contributed by atoms with Crippen LogP contribution in [0.2, 0.25) is 0 Å². The molecule has 6 nitrogen and oxygen atoms in total. The minimum absolute atomic E-state index is 0.450. The van der Waals surface area contributed by atoms with Crippen molar-refractivity contribution in [3.8, 4) is 16.9 Å². The standard InChI is InChI=1S/C17H15N5O/c1-21-11-14(10-20-21)15-5-8-22-16(4-7-19-22)17(15)23-12-13-3-2-6-18-9-13/h2-11H,12H2,1H3. The van der Waals surface area contributed by atoms with Gasteiger partial charge in [0.25, 0.3) is 0 Å². The third-order valence-electron chi connectivity index (χ3n) is 3.65. The summed E-state index contributed by atoms with van der Waals surface area (Å²) in [5.41, 5.74) is 3.95. The fraction of sp³-hybridized carbons (Fsp3) is 0.118. The summed E-state index contributed by atoms with van der Waals surface area (Å²) in [7, 11) is 1.90. The van der Waals surface area contributed by atoms with E-state index in [0.717, 1.165) is 28.0 Å². The average Bonchev–Trinajstić information content (AvgIpc) is 3.22. The zero-order valence-corrected chi connectivity index (χ0v) is 12.6. The van der Waals surface area contributed by atoms with E-state index in [0.29, 0.717) is 6.61 Å². The molecule has 4 aromatic heterocycles. The highest BCUT2D eigenvalue weighted by atomic mass is 16.5. The molecule has 0 saturated carbocycles. The van der Waals surface area contributed by atoms with Crippen molar-refractivity contribution < 1.29 is 4.74 Å². The van der Waals surface area contributed by atoms with Crippen LogP contribution in [-0.4, -0.2) is 24.4 Å². The minimum atomic E-state index is 0.450. The fourth-order valence-electron chi connectivity index (χ4n) is 2.55. The molecule has 0 bridgehead atoms. The van der Waals surface area contributed by atoms with Gasteiger partial charge in [-0.15, -0.1) is 0 Å². The Bertz CT molecular complexity index is 942. The Morgan fingerprint density at radius 3 is 2.83 bits per heavy atom. The Morgan fingerprint density at radius 2 is 2.04 bits per heavy atom. The number of aromatic nitrogens is 5. The number of pyridine rings is 2. The second-order valence-electron chi connectivity index (χ2n) is 5.27. The lowest BCUT2D eigenvalue weighted by Gasteiger charge is -2.12. The van der Waals surface area contributed by atoms with E-state index in [4.69, 9.17) is 4.74 Å². The molecule has 0 radical (unpaired) electrons. The maximum atomic E-state index is 6.12. The van der Waals surface area contributed by atoms with E-state index in [9.17, 15) is 0 Å². The van der Waals surface area contributed by atoms with Gasteiger partial charge in [0.15, 0.2) is 5.75 Å². The molecule has 114 valence electrons. The van der Waals surface area contributed by atoms with Gasteiger partial charge in [-0.25, -0.2) is 4.52 Å². The van der Waals surface area contributed by atoms with E-state index in [1.807, 2.05) is 49.9 Å². The number of nitrogens with zero attached hydrogens (tertiary/aromatic N) is 5. The van der Waals surface area contributed by atoms with Crippen LogP contribution in [0.15, 0.2) is 61.4 Å². The predicted molar refractivity (Wildman–Crippen MR) is 86.0 cm³/mol. The number of hydrogen-bond acceptors (Lipinski definition) is 4. The Balaban J connectivity index is 1.77. The van der Waals surface area contributed by atoms with E-state index in [1.165, 1.54) is 0 Å². The molecule has 0 aliphatic heterocycles. The molecule has 0 unspecified atom stereocenters. The number of aryl methyl sites for hydroxylation is 1. The lowest BCUT2D eigenvalue weighted by atomic mass is 10.1. The zero-order chi connectivity index (χ0) is 15.6. The molecule has 0 spiro atoms. The third kappa shape index (κ3) is 2.55. The molecular weight excluding hydrogens is 290 g/mol. The van der Waals surface area contributed by atoms with Crippen LogP contribution in [-0.2, 0) is 13.7 Å². The van der Waals surface area contributed by atoms with E-state index >= 15 is 0 Å². The molecule has 4 aromatic rings. The summed E-state index contributed by atoms with van der Waals surface area (Å²) in [5, 5.41) is 8.53. The molecule has 4 rings (SSSR count). The zero-order valence-electron chi connectivity index (χ0n) is 12.6. The summed E-state index contributed by atoms with van der Waals surface area (Å²) in [6, 6.07) is 7.83. The van der Waals surface area contributed by atoms with Crippen molar-refractivity contribution in [2.75, 3.05) is 0 Å². The molecule has 6 heteroatoms. The smallest absolute Gasteiger partial charge is 0.153 e. The van der Waals surface area contributed by atoms with Gasteiger partial charge in [0.2, 0.25) is 0 Å². The van der Waals surface area contributed by atoms with Gasteiger partial charge in [0.1, 0.15) is 12.1 Å². The van der Waals surface area contributed by atoms with Crippen molar-refractivity contribution in [3.63, 3.8) is 0 Å². The molecule has 0 N–H and O–H groups in total. The monoisotopic (exact) mass is 305 g/mol. The highest BCUT2D eigenvalue weighted by Crippen LogP contribution is 2.34. The van der Waals surface area contributed by atoms with Crippen molar-refractivity contribution in [2.24, 2.45) is 7.05 Å². The second-order valence-corrected chi connectivity index (χ2v) is 5.27. The van der Waals surface area contributed by atoms with Gasteiger partial charge >= 0.3 is 0 Å². The topological polar surface area (TPSA) is 57.2 Å². The predicted octanol–water partition coefficient (Wildman–Crippen LogP) is 2.71. The van der Waals surface area contributed by atoms with Gasteiger partial charge in [-0.1, -0.05) is 6.07 Å². The second kappa shape index (κ2) is 5.57. The third-order valence-corrected chi connectivity index (χ3v) is 3.65. The average molecular weight is 305 g/mol.